The van der Waals surface area contributed by atoms with E-state index in [9.17, 15) is 9.90 Å². The van der Waals surface area contributed by atoms with Gasteiger partial charge < -0.3 is 19.1 Å². The number of thioether (sulfide) groups is 1. The minimum atomic E-state index is -0.505. The number of carbonyl (C=O) groups excluding carboxylic acids is 1. The number of rotatable bonds is 8. The van der Waals surface area contributed by atoms with Crippen LogP contribution < -0.4 is 4.74 Å². The third-order valence-corrected chi connectivity index (χ3v) is 5.02. The zero-order valence-electron chi connectivity index (χ0n) is 18.2. The number of nitrogens with zero attached hydrogens (tertiary/aromatic N) is 3. The summed E-state index contributed by atoms with van der Waals surface area (Å²) in [5.74, 6) is 0.991. The number of benzene rings is 2. The van der Waals surface area contributed by atoms with Gasteiger partial charge in [-0.2, -0.15) is 4.98 Å². The molecule has 1 aromatic heterocycles. The van der Waals surface area contributed by atoms with E-state index >= 15 is 0 Å². The van der Waals surface area contributed by atoms with Crippen LogP contribution in [0.5, 0.6) is 11.5 Å². The first-order valence-corrected chi connectivity index (χ1v) is 11.0. The molecule has 0 aliphatic heterocycles. The molecule has 0 aliphatic rings. The Bertz CT molecular complexity index is 1150. The van der Waals surface area contributed by atoms with E-state index in [1.165, 1.54) is 31.0 Å². The van der Waals surface area contributed by atoms with Crippen LogP contribution >= 0.6 is 11.8 Å². The molecule has 1 heterocycles. The molecule has 0 bridgehead atoms. The number of allylic oxidation sites excluding steroid dienone is 1. The molecule has 3 rings (SSSR count). The lowest BCUT2D eigenvalue weighted by molar-refractivity contribution is -0.134. The molecule has 0 atom stereocenters. The first kappa shape index (κ1) is 23.1. The Morgan fingerprint density at radius 2 is 2.00 bits per heavy atom. The largest absolute Gasteiger partial charge is 0.508 e. The zero-order valence-corrected chi connectivity index (χ0v) is 19.0. The quantitative estimate of drug-likeness (QED) is 0.297. The van der Waals surface area contributed by atoms with E-state index in [0.717, 1.165) is 5.56 Å². The van der Waals surface area contributed by atoms with Crippen molar-refractivity contribution >= 4 is 29.1 Å². The number of ether oxygens (including phenoxy) is 2. The van der Waals surface area contributed by atoms with Crippen molar-refractivity contribution in [2.45, 2.75) is 13.8 Å². The number of hydrogen-bond acceptors (Lipinski definition) is 9. The number of phenolic OH excluding ortho intramolecular Hbond substituents is 1. The number of hydrogen-bond donors (Lipinski definition) is 1. The second kappa shape index (κ2) is 10.6. The maximum atomic E-state index is 11.9. The summed E-state index contributed by atoms with van der Waals surface area (Å²) in [6.07, 6.45) is 3.20. The van der Waals surface area contributed by atoms with Crippen molar-refractivity contribution in [3.8, 4) is 22.9 Å². The van der Waals surface area contributed by atoms with E-state index in [0.29, 0.717) is 45.9 Å². The molecule has 0 amide bonds. The fraction of sp³-hybridized carbons (Fsp3) is 0.217. The summed E-state index contributed by atoms with van der Waals surface area (Å²) in [6, 6.07) is 12.1. The number of aromatic nitrogens is 2. The van der Waals surface area contributed by atoms with Crippen LogP contribution in [-0.4, -0.2) is 46.9 Å². The highest BCUT2D eigenvalue weighted by molar-refractivity contribution is 8.03. The van der Waals surface area contributed by atoms with Gasteiger partial charge in [0.25, 0.3) is 0 Å². The molecule has 0 saturated heterocycles. The molecule has 0 unspecified atom stereocenters. The summed E-state index contributed by atoms with van der Waals surface area (Å²) < 4.78 is 15.4. The average molecular weight is 454 g/mol. The molecular weight excluding hydrogens is 430 g/mol. The number of esters is 1. The highest BCUT2D eigenvalue weighted by Crippen LogP contribution is 2.29. The molecule has 0 spiro atoms. The van der Waals surface area contributed by atoms with Crippen LogP contribution in [0.25, 0.3) is 11.4 Å². The molecule has 1 N–H and O–H groups in total. The second-order valence-corrected chi connectivity index (χ2v) is 7.38. The van der Waals surface area contributed by atoms with Gasteiger partial charge in [0.05, 0.1) is 25.1 Å². The van der Waals surface area contributed by atoms with E-state index < -0.39 is 5.97 Å². The summed E-state index contributed by atoms with van der Waals surface area (Å²) >= 11 is 1.34. The van der Waals surface area contributed by atoms with E-state index in [-0.39, 0.29) is 5.75 Å². The Morgan fingerprint density at radius 1 is 1.25 bits per heavy atom. The third-order valence-electron chi connectivity index (χ3n) is 4.27. The molecule has 9 heteroatoms. The predicted octanol–water partition coefficient (Wildman–Crippen LogP) is 4.69. The Labute approximate surface area is 190 Å². The van der Waals surface area contributed by atoms with Crippen LogP contribution in [0.1, 0.15) is 18.4 Å². The van der Waals surface area contributed by atoms with Gasteiger partial charge in [-0.05, 0) is 49.6 Å². The highest BCUT2D eigenvalue weighted by atomic mass is 32.2. The standard InChI is InChI=1S/C23H23N3O5S/c1-5-30-19-11-16(10-18(27)12-19)22(20(32-4)13-21(28)29-3)25-17-8-6-15(7-9-17)23-24-14(2)31-26-23/h6-13,27H,5H2,1-4H3/b20-13-,25-22?. The number of aliphatic imine (C=N–C) groups is 1. The maximum Gasteiger partial charge on any atom is 0.331 e. The SMILES string of the molecule is CCOc1cc(O)cc(C(=Nc2ccc(-c3noc(C)n3)cc2)/C(=C/C(=O)OC)SC)c1. The van der Waals surface area contributed by atoms with Crippen molar-refractivity contribution in [1.82, 2.24) is 10.1 Å². The zero-order chi connectivity index (χ0) is 23.1. The molecule has 2 aromatic carbocycles. The lowest BCUT2D eigenvalue weighted by atomic mass is 10.1. The van der Waals surface area contributed by atoms with Crippen molar-refractivity contribution in [3.63, 3.8) is 0 Å². The van der Waals surface area contributed by atoms with Crippen molar-refractivity contribution < 1.29 is 23.9 Å². The highest BCUT2D eigenvalue weighted by Gasteiger charge is 2.15. The summed E-state index contributed by atoms with van der Waals surface area (Å²) in [7, 11) is 1.31. The molecular formula is C23H23N3O5S. The first-order valence-electron chi connectivity index (χ1n) is 9.74. The van der Waals surface area contributed by atoms with Gasteiger partial charge in [0.1, 0.15) is 11.5 Å². The van der Waals surface area contributed by atoms with Gasteiger partial charge in [-0.15, -0.1) is 11.8 Å². The monoisotopic (exact) mass is 453 g/mol. The number of aryl methyl sites for hydroxylation is 1. The minimum Gasteiger partial charge on any atom is -0.508 e. The van der Waals surface area contributed by atoms with E-state index in [1.54, 1.807) is 19.1 Å². The normalized spacial score (nSPS) is 12.0. The van der Waals surface area contributed by atoms with Crippen molar-refractivity contribution in [3.05, 3.63) is 64.9 Å². The van der Waals surface area contributed by atoms with Gasteiger partial charge in [-0.1, -0.05) is 5.16 Å². The van der Waals surface area contributed by atoms with E-state index in [2.05, 4.69) is 10.1 Å². The van der Waals surface area contributed by atoms with Crippen molar-refractivity contribution in [2.24, 2.45) is 4.99 Å². The van der Waals surface area contributed by atoms with Gasteiger partial charge in [-0.3, -0.25) is 0 Å². The van der Waals surface area contributed by atoms with Crippen molar-refractivity contribution in [1.29, 1.82) is 0 Å². The lowest BCUT2D eigenvalue weighted by Crippen LogP contribution is -2.07. The Hall–Kier alpha value is -3.59. The Morgan fingerprint density at radius 3 is 2.59 bits per heavy atom. The van der Waals surface area contributed by atoms with Crippen LogP contribution in [0.2, 0.25) is 0 Å². The van der Waals surface area contributed by atoms with Crippen LogP contribution in [0.4, 0.5) is 5.69 Å². The molecule has 32 heavy (non-hydrogen) atoms. The molecule has 166 valence electrons. The van der Waals surface area contributed by atoms with E-state index in [1.807, 2.05) is 37.4 Å². The fourth-order valence-corrected chi connectivity index (χ4v) is 3.42. The van der Waals surface area contributed by atoms with Gasteiger partial charge in [0.15, 0.2) is 0 Å². The van der Waals surface area contributed by atoms with Gasteiger partial charge in [0, 0.05) is 35.1 Å². The van der Waals surface area contributed by atoms with E-state index in [4.69, 9.17) is 19.0 Å². The van der Waals surface area contributed by atoms with Gasteiger partial charge >= 0.3 is 5.97 Å². The van der Waals surface area contributed by atoms with Crippen LogP contribution in [0.3, 0.4) is 0 Å². The Kier molecular flexibility index (Phi) is 7.67. The maximum absolute atomic E-state index is 11.9. The summed E-state index contributed by atoms with van der Waals surface area (Å²) in [6.45, 7) is 4.03. The molecule has 0 fully saturated rings. The molecule has 0 aliphatic carbocycles. The fourth-order valence-electron chi connectivity index (χ4n) is 2.85. The first-order chi connectivity index (χ1) is 15.4. The molecule has 0 radical (unpaired) electrons. The predicted molar refractivity (Wildman–Crippen MR) is 124 cm³/mol. The topological polar surface area (TPSA) is 107 Å². The number of phenols is 1. The minimum absolute atomic E-state index is 0.0278. The second-order valence-electron chi connectivity index (χ2n) is 6.53. The van der Waals surface area contributed by atoms with Crippen molar-refractivity contribution in [2.75, 3.05) is 20.0 Å². The summed E-state index contributed by atoms with van der Waals surface area (Å²) in [5.41, 5.74) is 2.50. The van der Waals surface area contributed by atoms with Gasteiger partial charge in [-0.25, -0.2) is 9.79 Å². The Balaban J connectivity index is 2.09. The van der Waals surface area contributed by atoms with Gasteiger partial charge in [0.2, 0.25) is 11.7 Å². The lowest BCUT2D eigenvalue weighted by Gasteiger charge is -2.12. The van der Waals surface area contributed by atoms with Crippen LogP contribution in [0.15, 0.2) is 63.0 Å². The van der Waals surface area contributed by atoms with Crippen LogP contribution in [0, 0.1) is 6.92 Å². The molecule has 3 aromatic rings. The third kappa shape index (κ3) is 5.76. The van der Waals surface area contributed by atoms with Crippen LogP contribution in [-0.2, 0) is 9.53 Å². The number of methoxy groups -OCH3 is 1. The summed E-state index contributed by atoms with van der Waals surface area (Å²) in [5, 5.41) is 14.1. The molecule has 8 nitrogen and oxygen atoms in total. The summed E-state index contributed by atoms with van der Waals surface area (Å²) in [4.78, 5) is 21.5. The average Bonchev–Trinajstić information content (AvgIpc) is 3.22. The smallest absolute Gasteiger partial charge is 0.331 e. The number of aromatic hydroxyl groups is 1. The number of carbonyl (C=O) groups is 1. The molecule has 0 saturated carbocycles.